The molecule has 2 rings (SSSR count). The highest BCUT2D eigenvalue weighted by atomic mass is 35.5. The van der Waals surface area contributed by atoms with Crippen LogP contribution in [0.15, 0.2) is 18.2 Å². The summed E-state index contributed by atoms with van der Waals surface area (Å²) < 4.78 is 4.72. The third kappa shape index (κ3) is 2.88. The highest BCUT2D eigenvalue weighted by Gasteiger charge is 2.29. The molecule has 0 aromatic heterocycles. The van der Waals surface area contributed by atoms with Gasteiger partial charge >= 0.3 is 5.97 Å². The van der Waals surface area contributed by atoms with Gasteiger partial charge in [-0.15, -0.1) is 0 Å². The van der Waals surface area contributed by atoms with Crippen molar-refractivity contribution in [3.05, 3.63) is 28.8 Å². The van der Waals surface area contributed by atoms with Crippen LogP contribution in [0.1, 0.15) is 23.2 Å². The summed E-state index contributed by atoms with van der Waals surface area (Å²) in [7, 11) is 1.38. The van der Waals surface area contributed by atoms with Gasteiger partial charge in [0.05, 0.1) is 23.6 Å². The van der Waals surface area contributed by atoms with E-state index in [9.17, 15) is 9.59 Å². The fourth-order valence-corrected chi connectivity index (χ4v) is 2.67. The number of benzene rings is 1. The zero-order chi connectivity index (χ0) is 14.7. The first kappa shape index (κ1) is 14.7. The number of rotatable bonds is 2. The molecule has 1 saturated heterocycles. The van der Waals surface area contributed by atoms with Crippen LogP contribution in [0.5, 0.6) is 0 Å². The Morgan fingerprint density at radius 3 is 2.55 bits per heavy atom. The second-order valence-electron chi connectivity index (χ2n) is 4.79. The number of amides is 1. The SMILES string of the molecule is COC(=O)C1CCN(C(=O)c2c(N)cccc2Cl)CC1. The van der Waals surface area contributed by atoms with Gasteiger partial charge < -0.3 is 15.4 Å². The number of nitrogen functional groups attached to an aromatic ring is 1. The number of carbonyl (C=O) groups is 2. The van der Waals surface area contributed by atoms with Crippen molar-refractivity contribution < 1.29 is 14.3 Å². The minimum atomic E-state index is -0.214. The number of methoxy groups -OCH3 is 1. The van der Waals surface area contributed by atoms with Crippen LogP contribution in [0.25, 0.3) is 0 Å². The van der Waals surface area contributed by atoms with E-state index in [0.29, 0.717) is 42.2 Å². The van der Waals surface area contributed by atoms with Crippen LogP contribution in [-0.4, -0.2) is 37.0 Å². The lowest BCUT2D eigenvalue weighted by Gasteiger charge is -2.31. The molecule has 0 radical (unpaired) electrons. The number of halogens is 1. The van der Waals surface area contributed by atoms with Crippen molar-refractivity contribution in [1.29, 1.82) is 0 Å². The molecule has 1 aliphatic rings. The minimum absolute atomic E-state index is 0.132. The molecule has 2 N–H and O–H groups in total. The summed E-state index contributed by atoms with van der Waals surface area (Å²) >= 11 is 6.04. The zero-order valence-corrected chi connectivity index (χ0v) is 12.0. The number of hydrogen-bond acceptors (Lipinski definition) is 4. The predicted octanol–water partition coefficient (Wildman–Crippen LogP) is 1.95. The number of hydrogen-bond donors (Lipinski definition) is 1. The summed E-state index contributed by atoms with van der Waals surface area (Å²) in [5.74, 6) is -0.529. The normalized spacial score (nSPS) is 16.0. The zero-order valence-electron chi connectivity index (χ0n) is 11.3. The van der Waals surface area contributed by atoms with E-state index in [-0.39, 0.29) is 17.8 Å². The topological polar surface area (TPSA) is 72.6 Å². The van der Waals surface area contributed by atoms with Gasteiger partial charge in [0.25, 0.3) is 5.91 Å². The molecule has 1 aromatic carbocycles. The number of piperidine rings is 1. The number of nitrogens with zero attached hydrogens (tertiary/aromatic N) is 1. The van der Waals surface area contributed by atoms with Crippen LogP contribution < -0.4 is 5.73 Å². The van der Waals surface area contributed by atoms with Gasteiger partial charge in [-0.3, -0.25) is 9.59 Å². The Bertz CT molecular complexity index is 505. The van der Waals surface area contributed by atoms with E-state index >= 15 is 0 Å². The van der Waals surface area contributed by atoms with Crippen molar-refractivity contribution in [3.63, 3.8) is 0 Å². The van der Waals surface area contributed by atoms with E-state index in [1.807, 2.05) is 0 Å². The molecular formula is C14H17ClN2O3. The Labute approximate surface area is 122 Å². The van der Waals surface area contributed by atoms with Crippen LogP contribution in [-0.2, 0) is 9.53 Å². The standard InChI is InChI=1S/C14H17ClN2O3/c1-20-14(19)9-5-7-17(8-6-9)13(18)12-10(15)3-2-4-11(12)16/h2-4,9H,5-8,16H2,1H3. The van der Waals surface area contributed by atoms with Crippen LogP contribution in [0, 0.1) is 5.92 Å². The molecule has 20 heavy (non-hydrogen) atoms. The molecule has 1 aliphatic heterocycles. The summed E-state index contributed by atoms with van der Waals surface area (Å²) in [5, 5.41) is 0.352. The van der Waals surface area contributed by atoms with Gasteiger partial charge in [-0.2, -0.15) is 0 Å². The van der Waals surface area contributed by atoms with Crippen molar-refractivity contribution >= 4 is 29.2 Å². The van der Waals surface area contributed by atoms with Crippen molar-refractivity contribution in [2.24, 2.45) is 5.92 Å². The first-order valence-electron chi connectivity index (χ1n) is 6.45. The fraction of sp³-hybridized carbons (Fsp3) is 0.429. The summed E-state index contributed by atoms with van der Waals surface area (Å²) in [6.07, 6.45) is 1.20. The van der Waals surface area contributed by atoms with Crippen LogP contribution in [0.3, 0.4) is 0 Å². The Kier molecular flexibility index (Phi) is 4.49. The molecule has 5 nitrogen and oxygen atoms in total. The lowest BCUT2D eigenvalue weighted by Crippen LogP contribution is -2.40. The van der Waals surface area contributed by atoms with E-state index in [4.69, 9.17) is 22.1 Å². The minimum Gasteiger partial charge on any atom is -0.469 e. The van der Waals surface area contributed by atoms with E-state index in [0.717, 1.165) is 0 Å². The van der Waals surface area contributed by atoms with Gasteiger partial charge in [0.1, 0.15) is 0 Å². The number of nitrogens with two attached hydrogens (primary N) is 1. The van der Waals surface area contributed by atoms with Crippen molar-refractivity contribution in [2.75, 3.05) is 25.9 Å². The molecule has 1 heterocycles. The largest absolute Gasteiger partial charge is 0.469 e. The number of likely N-dealkylation sites (tertiary alicyclic amines) is 1. The van der Waals surface area contributed by atoms with E-state index in [1.54, 1.807) is 23.1 Å². The van der Waals surface area contributed by atoms with E-state index in [1.165, 1.54) is 7.11 Å². The summed E-state index contributed by atoms with van der Waals surface area (Å²) in [6, 6.07) is 5.00. The monoisotopic (exact) mass is 296 g/mol. The van der Waals surface area contributed by atoms with Gasteiger partial charge in [0.2, 0.25) is 0 Å². The predicted molar refractivity (Wildman–Crippen MR) is 76.5 cm³/mol. The van der Waals surface area contributed by atoms with Crippen LogP contribution in [0.4, 0.5) is 5.69 Å². The average Bonchev–Trinajstić information content (AvgIpc) is 2.46. The Hall–Kier alpha value is -1.75. The van der Waals surface area contributed by atoms with Gasteiger partial charge in [0, 0.05) is 18.8 Å². The molecule has 6 heteroatoms. The Balaban J connectivity index is 2.07. The van der Waals surface area contributed by atoms with Crippen LogP contribution in [0.2, 0.25) is 5.02 Å². The molecule has 0 unspecified atom stereocenters. The van der Waals surface area contributed by atoms with Crippen molar-refractivity contribution in [2.45, 2.75) is 12.8 Å². The van der Waals surface area contributed by atoms with Gasteiger partial charge in [-0.25, -0.2) is 0 Å². The quantitative estimate of drug-likeness (QED) is 0.669. The van der Waals surface area contributed by atoms with Gasteiger partial charge in [0.15, 0.2) is 0 Å². The number of esters is 1. The molecule has 1 amide bonds. The van der Waals surface area contributed by atoms with E-state index in [2.05, 4.69) is 0 Å². The van der Waals surface area contributed by atoms with Crippen molar-refractivity contribution in [1.82, 2.24) is 4.90 Å². The lowest BCUT2D eigenvalue weighted by molar-refractivity contribution is -0.146. The second-order valence-corrected chi connectivity index (χ2v) is 5.20. The van der Waals surface area contributed by atoms with Crippen molar-refractivity contribution in [3.8, 4) is 0 Å². The molecule has 1 fully saturated rings. The molecule has 108 valence electrons. The van der Waals surface area contributed by atoms with E-state index < -0.39 is 0 Å². The first-order valence-corrected chi connectivity index (χ1v) is 6.83. The summed E-state index contributed by atoms with van der Waals surface area (Å²) in [5.41, 5.74) is 6.53. The smallest absolute Gasteiger partial charge is 0.308 e. The number of anilines is 1. The molecule has 0 bridgehead atoms. The highest BCUT2D eigenvalue weighted by Crippen LogP contribution is 2.26. The molecule has 0 atom stereocenters. The summed E-state index contributed by atoms with van der Waals surface area (Å²) in [6.45, 7) is 1.01. The third-order valence-electron chi connectivity index (χ3n) is 3.58. The molecule has 1 aromatic rings. The van der Waals surface area contributed by atoms with Crippen LogP contribution >= 0.6 is 11.6 Å². The maximum Gasteiger partial charge on any atom is 0.308 e. The Morgan fingerprint density at radius 1 is 1.35 bits per heavy atom. The number of carbonyl (C=O) groups excluding carboxylic acids is 2. The second kappa shape index (κ2) is 6.13. The van der Waals surface area contributed by atoms with Gasteiger partial charge in [-0.05, 0) is 25.0 Å². The fourth-order valence-electron chi connectivity index (χ4n) is 2.41. The lowest BCUT2D eigenvalue weighted by atomic mass is 9.96. The average molecular weight is 297 g/mol. The molecule has 0 saturated carbocycles. The highest BCUT2D eigenvalue weighted by molar-refractivity contribution is 6.34. The molecule has 0 aliphatic carbocycles. The van der Waals surface area contributed by atoms with Gasteiger partial charge in [-0.1, -0.05) is 17.7 Å². The Morgan fingerprint density at radius 2 is 2.00 bits per heavy atom. The maximum atomic E-state index is 12.4. The third-order valence-corrected chi connectivity index (χ3v) is 3.89. The maximum absolute atomic E-state index is 12.4. The number of ether oxygens (including phenoxy) is 1. The molecular weight excluding hydrogens is 280 g/mol. The summed E-state index contributed by atoms with van der Waals surface area (Å²) in [4.78, 5) is 25.6. The molecule has 0 spiro atoms. The first-order chi connectivity index (χ1) is 9.54.